The van der Waals surface area contributed by atoms with Gasteiger partial charge in [-0.3, -0.25) is 0 Å². The van der Waals surface area contributed by atoms with Gasteiger partial charge in [-0.1, -0.05) is 133 Å². The van der Waals surface area contributed by atoms with Crippen LogP contribution in [0.1, 0.15) is 123 Å². The second-order valence-electron chi connectivity index (χ2n) is 25.6. The molecule has 2 atom stereocenters. The van der Waals surface area contributed by atoms with Crippen LogP contribution in [0.3, 0.4) is 0 Å². The van der Waals surface area contributed by atoms with Crippen molar-refractivity contribution in [3.63, 3.8) is 0 Å². The molecule has 14 aromatic rings. The predicted octanol–water partition coefficient (Wildman–Crippen LogP) is 27.7. The highest BCUT2D eigenvalue weighted by Crippen LogP contribution is 2.59. The summed E-state index contributed by atoms with van der Waals surface area (Å²) in [5.74, 6) is 0.959. The summed E-state index contributed by atoms with van der Waals surface area (Å²) in [6, 6.07) is 67.8. The lowest BCUT2D eigenvalue weighted by molar-refractivity contribution is 0.945. The SMILES string of the molecule is Cc1ccc(-c2ccc(-c3cc4c(s3)-c3c(C)c5c(c(C)c3C4)-c3sc(C)cc3C5)s2)cc1.Cc1ccc(-c2ccc(-c3cc4c(s3)-c3cc5c(cc3C4C)-c3sc(C)cc3C5C)s2)cc1.Cc1ccc(-c2ccc(C)s2)cc1.Cc1ccc(-c2ccc(C)s2)cc1. The fourth-order valence-corrected chi connectivity index (χ4v) is 22.7. The number of aryl methyl sites for hydroxylation is 8. The molecule has 8 aromatic heterocycles. The summed E-state index contributed by atoms with van der Waals surface area (Å²) in [4.78, 5) is 22.7. The van der Waals surface area contributed by atoms with Crippen LogP contribution in [0.2, 0.25) is 0 Å². The lowest BCUT2D eigenvalue weighted by Crippen LogP contribution is -1.97. The van der Waals surface area contributed by atoms with Crippen LogP contribution in [0.4, 0.5) is 0 Å². The molecule has 0 amide bonds. The highest BCUT2D eigenvalue weighted by Gasteiger charge is 2.36. The van der Waals surface area contributed by atoms with E-state index in [1.807, 2.05) is 90.7 Å². The molecular formula is C84H72S8. The van der Waals surface area contributed by atoms with Gasteiger partial charge in [-0.25, -0.2) is 0 Å². The zero-order valence-corrected chi connectivity index (χ0v) is 60.7. The molecule has 0 saturated carbocycles. The molecule has 0 nitrogen and oxygen atoms in total. The summed E-state index contributed by atoms with van der Waals surface area (Å²) in [5.41, 5.74) is 31.9. The maximum Gasteiger partial charge on any atom is 0.0452 e. The van der Waals surface area contributed by atoms with Gasteiger partial charge >= 0.3 is 0 Å². The minimum Gasteiger partial charge on any atom is -0.141 e. The molecule has 4 aliphatic carbocycles. The second kappa shape index (κ2) is 24.7. The molecule has 0 aliphatic heterocycles. The predicted molar refractivity (Wildman–Crippen MR) is 411 cm³/mol. The average Bonchev–Trinajstić information content (AvgIpc) is 1.60. The number of hydrogen-bond acceptors (Lipinski definition) is 8. The van der Waals surface area contributed by atoms with Gasteiger partial charge in [-0.05, 0) is 267 Å². The van der Waals surface area contributed by atoms with Gasteiger partial charge in [-0.2, -0.15) is 0 Å². The van der Waals surface area contributed by atoms with E-state index in [-0.39, 0.29) is 0 Å². The molecule has 456 valence electrons. The van der Waals surface area contributed by atoms with E-state index in [9.17, 15) is 0 Å². The smallest absolute Gasteiger partial charge is 0.0452 e. The molecule has 0 fully saturated rings. The van der Waals surface area contributed by atoms with Crippen molar-refractivity contribution in [2.45, 2.75) is 108 Å². The maximum atomic E-state index is 2.52. The monoisotopic (exact) mass is 1340 g/mol. The molecule has 0 radical (unpaired) electrons. The third-order valence-electron chi connectivity index (χ3n) is 18.9. The molecule has 8 heterocycles. The van der Waals surface area contributed by atoms with E-state index in [4.69, 9.17) is 0 Å². The van der Waals surface area contributed by atoms with Gasteiger partial charge in [0.1, 0.15) is 0 Å². The largest absolute Gasteiger partial charge is 0.141 e. The molecule has 0 N–H and O–H groups in total. The van der Waals surface area contributed by atoms with E-state index < -0.39 is 0 Å². The van der Waals surface area contributed by atoms with Crippen molar-refractivity contribution in [1.29, 1.82) is 0 Å². The first-order valence-corrected chi connectivity index (χ1v) is 38.4. The summed E-state index contributed by atoms with van der Waals surface area (Å²) in [6.45, 7) is 26.8. The average molecular weight is 1340 g/mol. The highest BCUT2D eigenvalue weighted by molar-refractivity contribution is 7.26. The van der Waals surface area contributed by atoms with Gasteiger partial charge in [0.05, 0.1) is 0 Å². The number of rotatable bonds is 6. The van der Waals surface area contributed by atoms with E-state index in [2.05, 4.69) is 265 Å². The van der Waals surface area contributed by atoms with Crippen molar-refractivity contribution in [3.05, 3.63) is 279 Å². The third kappa shape index (κ3) is 11.4. The number of benzene rings is 6. The van der Waals surface area contributed by atoms with Crippen LogP contribution >= 0.6 is 90.7 Å². The molecule has 8 heteroatoms. The fourth-order valence-electron chi connectivity index (χ4n) is 13.9. The molecular weight excluding hydrogens is 1270 g/mol. The third-order valence-corrected chi connectivity index (χ3v) is 28.3. The minimum absolute atomic E-state index is 0.460. The van der Waals surface area contributed by atoms with Gasteiger partial charge in [0, 0.05) is 89.9 Å². The molecule has 92 heavy (non-hydrogen) atoms. The Morgan fingerprint density at radius 3 is 1.03 bits per heavy atom. The van der Waals surface area contributed by atoms with E-state index >= 15 is 0 Å². The molecule has 18 rings (SSSR count). The lowest BCUT2D eigenvalue weighted by Gasteiger charge is -2.16. The first-order valence-electron chi connectivity index (χ1n) is 31.9. The normalized spacial score (nSPS) is 14.0. The number of fused-ring (bicyclic) bond motifs is 12. The maximum absolute atomic E-state index is 2.52. The van der Waals surface area contributed by atoms with Gasteiger partial charge in [0.15, 0.2) is 0 Å². The van der Waals surface area contributed by atoms with E-state index in [0.29, 0.717) is 11.8 Å². The van der Waals surface area contributed by atoms with Gasteiger partial charge in [-0.15, -0.1) is 90.7 Å². The van der Waals surface area contributed by atoms with E-state index in [1.54, 1.807) is 22.3 Å². The van der Waals surface area contributed by atoms with Crippen molar-refractivity contribution in [1.82, 2.24) is 0 Å². The van der Waals surface area contributed by atoms with Crippen molar-refractivity contribution < 1.29 is 0 Å². The molecule has 0 bridgehead atoms. The van der Waals surface area contributed by atoms with E-state index in [1.165, 1.54) is 178 Å². The topological polar surface area (TPSA) is 0 Å². The zero-order chi connectivity index (χ0) is 63.4. The Hall–Kier alpha value is -7.08. The zero-order valence-electron chi connectivity index (χ0n) is 54.2. The van der Waals surface area contributed by atoms with Crippen molar-refractivity contribution in [2.24, 2.45) is 0 Å². The summed E-state index contributed by atoms with van der Waals surface area (Å²) >= 11 is 15.4. The molecule has 0 saturated heterocycles. The first-order chi connectivity index (χ1) is 44.5. The lowest BCUT2D eigenvalue weighted by atomic mass is 9.90. The Labute approximate surface area is 575 Å². The van der Waals surface area contributed by atoms with Crippen molar-refractivity contribution in [3.8, 4) is 103 Å². The van der Waals surface area contributed by atoms with Crippen molar-refractivity contribution in [2.75, 3.05) is 0 Å². The Morgan fingerprint density at radius 1 is 0.261 bits per heavy atom. The standard InChI is InChI=1S/2C30H24S3.2C12H12S/c1-15-5-7-19(8-6-15)26-9-10-27(32-26)28-14-23-18(4)21-12-24-20(13-25(21)30(23)33-28)17(3)22-11-16(2)31-29(22)24;1-15-5-7-19(8-6-15)24-9-10-25(32-24)26-14-21-13-23-17(3)27-22(18(4)28(23)30(21)33-26)12-20-11-16(2)31-29(20)27;2*1-9-3-6-11(7-4-9)12-8-5-10(2)13-12/h5-14,17-18H,1-4H3;5-11,14H,12-13H2,1-4H3;2*3-8H,1-2H3. The Bertz CT molecular complexity index is 5020. The molecule has 2 unspecified atom stereocenters. The van der Waals surface area contributed by atoms with Crippen molar-refractivity contribution >= 4 is 90.7 Å². The second-order valence-corrected chi connectivity index (χ2v) is 35.0. The Morgan fingerprint density at radius 2 is 0.598 bits per heavy atom. The van der Waals surface area contributed by atoms with Crippen LogP contribution < -0.4 is 0 Å². The van der Waals surface area contributed by atoms with Crippen LogP contribution in [0.15, 0.2) is 182 Å². The Kier molecular flexibility index (Phi) is 16.4. The molecule has 4 aliphatic rings. The number of thiophene rings is 8. The van der Waals surface area contributed by atoms with Crippen LogP contribution in [-0.4, -0.2) is 0 Å². The van der Waals surface area contributed by atoms with Crippen LogP contribution in [0, 0.1) is 69.2 Å². The number of hydrogen-bond donors (Lipinski definition) is 0. The van der Waals surface area contributed by atoms with Crippen LogP contribution in [0.25, 0.3) is 103 Å². The quantitative estimate of drug-likeness (QED) is 0.156. The minimum atomic E-state index is 0.460. The summed E-state index contributed by atoms with van der Waals surface area (Å²) in [6.07, 6.45) is 2.18. The first kappa shape index (κ1) is 61.1. The van der Waals surface area contributed by atoms with Crippen LogP contribution in [0.5, 0.6) is 0 Å². The Balaban J connectivity index is 0.000000111. The summed E-state index contributed by atoms with van der Waals surface area (Å²) < 4.78 is 0. The highest BCUT2D eigenvalue weighted by atomic mass is 32.1. The summed E-state index contributed by atoms with van der Waals surface area (Å²) in [7, 11) is 0. The van der Waals surface area contributed by atoms with Gasteiger partial charge < -0.3 is 0 Å². The molecule has 0 spiro atoms. The summed E-state index contributed by atoms with van der Waals surface area (Å²) in [5, 5.41) is 0. The molecule has 6 aromatic carbocycles. The van der Waals surface area contributed by atoms with Gasteiger partial charge in [0.2, 0.25) is 0 Å². The van der Waals surface area contributed by atoms with Crippen LogP contribution in [-0.2, 0) is 12.8 Å². The van der Waals surface area contributed by atoms with E-state index in [0.717, 1.165) is 12.8 Å². The van der Waals surface area contributed by atoms with Gasteiger partial charge in [0.25, 0.3) is 0 Å². The fraction of sp³-hybridized carbons (Fsp3) is 0.190.